The number of carbonyl (C=O) groups is 1. The van der Waals surface area contributed by atoms with Crippen molar-refractivity contribution in [1.82, 2.24) is 14.5 Å². The minimum atomic E-state index is -0.705. The van der Waals surface area contributed by atoms with E-state index in [0.717, 1.165) is 28.2 Å². The van der Waals surface area contributed by atoms with Gasteiger partial charge in [-0.1, -0.05) is 35.9 Å². The molecule has 0 radical (unpaired) electrons. The van der Waals surface area contributed by atoms with Gasteiger partial charge in [-0.3, -0.25) is 4.79 Å². The summed E-state index contributed by atoms with van der Waals surface area (Å²) in [6.45, 7) is 7.45. The van der Waals surface area contributed by atoms with E-state index in [4.69, 9.17) is 9.72 Å². The minimum Gasteiger partial charge on any atom is -0.491 e. The fourth-order valence-corrected chi connectivity index (χ4v) is 3.97. The Hall–Kier alpha value is -3.12. The number of fused-ring (bicyclic) bond motifs is 1. The maximum atomic E-state index is 12.4. The van der Waals surface area contributed by atoms with Crippen LogP contribution in [0.3, 0.4) is 0 Å². The van der Waals surface area contributed by atoms with Crippen LogP contribution in [0.25, 0.3) is 11.0 Å². The molecule has 6 nitrogen and oxygen atoms in total. The lowest BCUT2D eigenvalue weighted by atomic mass is 10.1. The van der Waals surface area contributed by atoms with Crippen LogP contribution in [0.5, 0.6) is 5.75 Å². The van der Waals surface area contributed by atoms with Gasteiger partial charge in [-0.2, -0.15) is 0 Å². The number of carbonyl (C=O) groups excluding carboxylic acids is 1. The van der Waals surface area contributed by atoms with Crippen LogP contribution >= 0.6 is 0 Å². The normalized spacial score (nSPS) is 17.5. The molecule has 2 heterocycles. The van der Waals surface area contributed by atoms with Gasteiger partial charge in [0.15, 0.2) is 0 Å². The van der Waals surface area contributed by atoms with Crippen molar-refractivity contribution >= 4 is 16.9 Å². The smallest absolute Gasteiger partial charge is 0.223 e. The van der Waals surface area contributed by atoms with Crippen molar-refractivity contribution in [2.45, 2.75) is 31.9 Å². The quantitative estimate of drug-likeness (QED) is 0.584. The number of aliphatic hydroxyl groups excluding tert-OH is 1. The van der Waals surface area contributed by atoms with E-state index in [-0.39, 0.29) is 18.4 Å². The molecule has 0 aliphatic carbocycles. The second-order valence-electron chi connectivity index (χ2n) is 7.84. The number of ether oxygens (including phenoxy) is 1. The van der Waals surface area contributed by atoms with Crippen LogP contribution in [0, 0.1) is 6.92 Å². The van der Waals surface area contributed by atoms with Crippen molar-refractivity contribution in [1.29, 1.82) is 0 Å². The molecule has 0 unspecified atom stereocenters. The summed E-state index contributed by atoms with van der Waals surface area (Å²) in [5.41, 5.74) is 2.99. The van der Waals surface area contributed by atoms with Gasteiger partial charge in [0, 0.05) is 25.4 Å². The van der Waals surface area contributed by atoms with Crippen LogP contribution in [0.2, 0.25) is 0 Å². The highest BCUT2D eigenvalue weighted by Crippen LogP contribution is 2.30. The van der Waals surface area contributed by atoms with Gasteiger partial charge in [-0.05, 0) is 31.2 Å². The molecule has 6 heteroatoms. The first-order chi connectivity index (χ1) is 14.5. The van der Waals surface area contributed by atoms with Crippen molar-refractivity contribution in [2.75, 3.05) is 19.7 Å². The molecule has 1 aliphatic rings. The Kier molecular flexibility index (Phi) is 5.86. The zero-order valence-corrected chi connectivity index (χ0v) is 17.2. The number of rotatable bonds is 8. The number of hydrogen-bond donors (Lipinski definition) is 1. The van der Waals surface area contributed by atoms with Crippen LogP contribution in [-0.2, 0) is 11.3 Å². The van der Waals surface area contributed by atoms with Crippen LogP contribution in [0.15, 0.2) is 61.2 Å². The number of aromatic nitrogens is 2. The summed E-state index contributed by atoms with van der Waals surface area (Å²) in [7, 11) is 0. The number of likely N-dealkylation sites (tertiary alicyclic amines) is 1. The maximum absolute atomic E-state index is 12.4. The van der Waals surface area contributed by atoms with Crippen LogP contribution in [0.1, 0.15) is 23.7 Å². The topological polar surface area (TPSA) is 67.6 Å². The molecule has 1 saturated heterocycles. The van der Waals surface area contributed by atoms with E-state index < -0.39 is 6.10 Å². The first-order valence-electron chi connectivity index (χ1n) is 10.3. The summed E-state index contributed by atoms with van der Waals surface area (Å²) in [6.07, 6.45) is 1.46. The number of imidazole rings is 1. The molecule has 4 rings (SSSR count). The minimum absolute atomic E-state index is 0.00457. The van der Waals surface area contributed by atoms with E-state index in [9.17, 15) is 9.90 Å². The Bertz CT molecular complexity index is 1040. The highest BCUT2D eigenvalue weighted by Gasteiger charge is 2.33. The fraction of sp³-hybridized carbons (Fsp3) is 0.333. The zero-order valence-electron chi connectivity index (χ0n) is 17.2. The summed E-state index contributed by atoms with van der Waals surface area (Å²) in [5.74, 6) is 1.68. The van der Waals surface area contributed by atoms with E-state index in [1.807, 2.05) is 60.0 Å². The average Bonchev–Trinajstić information content (AvgIpc) is 3.29. The number of aliphatic hydroxyl groups is 1. The average molecular weight is 405 g/mol. The number of para-hydroxylation sites is 2. The molecule has 0 saturated carbocycles. The van der Waals surface area contributed by atoms with Gasteiger partial charge in [0.2, 0.25) is 5.91 Å². The third-order valence-electron chi connectivity index (χ3n) is 5.47. The lowest BCUT2D eigenvalue weighted by Gasteiger charge is -2.18. The van der Waals surface area contributed by atoms with Gasteiger partial charge in [0.05, 0.1) is 17.6 Å². The second kappa shape index (κ2) is 8.71. The van der Waals surface area contributed by atoms with Crippen molar-refractivity contribution in [3.05, 3.63) is 72.6 Å². The van der Waals surface area contributed by atoms with E-state index >= 15 is 0 Å². The number of amides is 1. The second-order valence-corrected chi connectivity index (χ2v) is 7.84. The first kappa shape index (κ1) is 20.2. The number of aryl methyl sites for hydroxylation is 1. The van der Waals surface area contributed by atoms with Gasteiger partial charge in [0.25, 0.3) is 0 Å². The molecular formula is C24H27N3O3. The third-order valence-corrected chi connectivity index (χ3v) is 5.47. The maximum Gasteiger partial charge on any atom is 0.223 e. The molecule has 0 spiro atoms. The van der Waals surface area contributed by atoms with Crippen molar-refractivity contribution in [3.63, 3.8) is 0 Å². The highest BCUT2D eigenvalue weighted by molar-refractivity contribution is 5.81. The Morgan fingerprint density at radius 2 is 2.03 bits per heavy atom. The van der Waals surface area contributed by atoms with Gasteiger partial charge < -0.3 is 19.3 Å². The Morgan fingerprint density at radius 1 is 1.27 bits per heavy atom. The molecule has 1 aliphatic heterocycles. The van der Waals surface area contributed by atoms with Gasteiger partial charge in [0.1, 0.15) is 24.3 Å². The van der Waals surface area contributed by atoms with E-state index in [1.165, 1.54) is 0 Å². The Morgan fingerprint density at radius 3 is 2.80 bits per heavy atom. The number of benzene rings is 2. The summed E-state index contributed by atoms with van der Waals surface area (Å²) in [6, 6.07) is 15.6. The predicted molar refractivity (Wildman–Crippen MR) is 117 cm³/mol. The summed E-state index contributed by atoms with van der Waals surface area (Å²) < 4.78 is 7.79. The largest absolute Gasteiger partial charge is 0.491 e. The molecule has 2 aromatic carbocycles. The van der Waals surface area contributed by atoms with E-state index in [1.54, 1.807) is 11.0 Å². The lowest BCUT2D eigenvalue weighted by molar-refractivity contribution is -0.127. The number of nitrogens with zero attached hydrogens (tertiary/aromatic N) is 3. The van der Waals surface area contributed by atoms with Gasteiger partial charge in [-0.15, -0.1) is 6.58 Å². The molecule has 0 bridgehead atoms. The van der Waals surface area contributed by atoms with Crippen LogP contribution < -0.4 is 4.74 Å². The van der Waals surface area contributed by atoms with Crippen LogP contribution in [0.4, 0.5) is 0 Å². The molecular weight excluding hydrogens is 378 g/mol. The monoisotopic (exact) mass is 405 g/mol. The predicted octanol–water partition coefficient (Wildman–Crippen LogP) is 3.29. The standard InChI is InChI=1S/C24H27N3O3/c1-3-12-26-14-18(13-23(26)29)24-25-21-6-4-5-7-22(21)27(24)15-19(28)16-30-20-10-8-17(2)9-11-20/h3-11,18-19,28H,1,12-16H2,2H3/t18-,19-/m1/s1. The molecule has 1 N–H and O–H groups in total. The SMILES string of the molecule is C=CCN1C[C@H](c2nc3ccccc3n2C[C@@H](O)COc2ccc(C)cc2)CC1=O. The molecule has 1 aromatic heterocycles. The van der Waals surface area contributed by atoms with Crippen molar-refractivity contribution < 1.29 is 14.6 Å². The Labute approximate surface area is 176 Å². The van der Waals surface area contributed by atoms with Gasteiger partial charge >= 0.3 is 0 Å². The fourth-order valence-electron chi connectivity index (χ4n) is 3.97. The Balaban J connectivity index is 1.53. The molecule has 1 fully saturated rings. The summed E-state index contributed by atoms with van der Waals surface area (Å²) >= 11 is 0. The summed E-state index contributed by atoms with van der Waals surface area (Å²) in [4.78, 5) is 19.0. The molecule has 30 heavy (non-hydrogen) atoms. The molecule has 156 valence electrons. The molecule has 2 atom stereocenters. The molecule has 1 amide bonds. The lowest BCUT2D eigenvalue weighted by Crippen LogP contribution is -2.26. The highest BCUT2D eigenvalue weighted by atomic mass is 16.5. The van der Waals surface area contributed by atoms with E-state index in [2.05, 4.69) is 6.58 Å². The summed E-state index contributed by atoms with van der Waals surface area (Å²) in [5, 5.41) is 10.7. The zero-order chi connectivity index (χ0) is 21.1. The van der Waals surface area contributed by atoms with Crippen molar-refractivity contribution in [2.24, 2.45) is 0 Å². The first-order valence-corrected chi connectivity index (χ1v) is 10.3. The number of hydrogen-bond acceptors (Lipinski definition) is 4. The van der Waals surface area contributed by atoms with Gasteiger partial charge in [-0.25, -0.2) is 4.98 Å². The third kappa shape index (κ3) is 4.24. The van der Waals surface area contributed by atoms with E-state index in [0.29, 0.717) is 26.1 Å². The van der Waals surface area contributed by atoms with Crippen LogP contribution in [-0.4, -0.2) is 51.3 Å². The van der Waals surface area contributed by atoms with Crippen molar-refractivity contribution in [3.8, 4) is 5.75 Å². The molecule has 3 aromatic rings.